The van der Waals surface area contributed by atoms with E-state index in [-0.39, 0.29) is 0 Å². The van der Waals surface area contributed by atoms with E-state index in [0.29, 0.717) is 6.10 Å². The molecule has 0 amide bonds. The molecule has 17 heavy (non-hydrogen) atoms. The lowest BCUT2D eigenvalue weighted by Gasteiger charge is -2.35. The van der Waals surface area contributed by atoms with E-state index in [2.05, 4.69) is 41.6 Å². The van der Waals surface area contributed by atoms with Crippen LogP contribution < -0.4 is 0 Å². The van der Waals surface area contributed by atoms with Crippen LogP contribution in [-0.4, -0.2) is 42.6 Å². The van der Waals surface area contributed by atoms with E-state index in [1.807, 2.05) is 0 Å². The summed E-state index contributed by atoms with van der Waals surface area (Å²) in [6.07, 6.45) is 4.15. The zero-order chi connectivity index (χ0) is 12.7. The van der Waals surface area contributed by atoms with E-state index in [9.17, 15) is 0 Å². The number of alkyl halides is 1. The first-order valence-electron chi connectivity index (χ1n) is 7.07. The highest BCUT2D eigenvalue weighted by Crippen LogP contribution is 2.19. The molecule has 3 heteroatoms. The molecule has 1 fully saturated rings. The van der Waals surface area contributed by atoms with Gasteiger partial charge in [0.25, 0.3) is 0 Å². The van der Waals surface area contributed by atoms with Crippen molar-refractivity contribution in [3.63, 3.8) is 0 Å². The minimum atomic E-state index is 0.479. The lowest BCUT2D eigenvalue weighted by Crippen LogP contribution is -2.43. The number of rotatable bonds is 7. The topological polar surface area (TPSA) is 12.5 Å². The van der Waals surface area contributed by atoms with Crippen molar-refractivity contribution in [1.82, 2.24) is 4.90 Å². The summed E-state index contributed by atoms with van der Waals surface area (Å²) < 4.78 is 5.88. The molecule has 0 spiro atoms. The van der Waals surface area contributed by atoms with E-state index >= 15 is 0 Å². The molecule has 0 aromatic heterocycles. The first-order chi connectivity index (χ1) is 8.17. The predicted octanol–water partition coefficient (Wildman–Crippen LogP) is 3.54. The van der Waals surface area contributed by atoms with Crippen LogP contribution in [0, 0.1) is 11.8 Å². The van der Waals surface area contributed by atoms with Crippen molar-refractivity contribution >= 4 is 15.9 Å². The second-order valence-corrected chi connectivity index (χ2v) is 6.20. The highest BCUT2D eigenvalue weighted by Gasteiger charge is 2.23. The van der Waals surface area contributed by atoms with Crippen LogP contribution in [0.3, 0.4) is 0 Å². The van der Waals surface area contributed by atoms with Crippen LogP contribution >= 0.6 is 15.9 Å². The fourth-order valence-electron chi connectivity index (χ4n) is 2.37. The third-order valence-corrected chi connectivity index (χ3v) is 4.49. The van der Waals surface area contributed by atoms with Gasteiger partial charge in [0.05, 0.1) is 6.10 Å². The number of likely N-dealkylation sites (tertiary alicyclic amines) is 1. The fraction of sp³-hybridized carbons (Fsp3) is 1.00. The zero-order valence-electron chi connectivity index (χ0n) is 11.6. The maximum absolute atomic E-state index is 5.88. The number of nitrogens with zero attached hydrogens (tertiary/aromatic N) is 1. The smallest absolute Gasteiger partial charge is 0.0702 e. The normalized spacial score (nSPS) is 24.2. The summed E-state index contributed by atoms with van der Waals surface area (Å²) >= 11 is 3.64. The van der Waals surface area contributed by atoms with Crippen LogP contribution in [0.4, 0.5) is 0 Å². The van der Waals surface area contributed by atoms with Crippen molar-refractivity contribution in [2.45, 2.75) is 46.1 Å². The monoisotopic (exact) mass is 305 g/mol. The summed E-state index contributed by atoms with van der Waals surface area (Å²) in [7, 11) is 0. The highest BCUT2D eigenvalue weighted by atomic mass is 79.9. The third-order valence-electron chi connectivity index (χ3n) is 3.65. The largest absolute Gasteiger partial charge is 0.377 e. The number of hydrogen-bond donors (Lipinski definition) is 0. The summed E-state index contributed by atoms with van der Waals surface area (Å²) in [6.45, 7) is 11.3. The van der Waals surface area contributed by atoms with Crippen LogP contribution in [0.25, 0.3) is 0 Å². The quantitative estimate of drug-likeness (QED) is 0.667. The van der Waals surface area contributed by atoms with Gasteiger partial charge in [-0.25, -0.2) is 0 Å². The number of halogens is 1. The second kappa shape index (κ2) is 8.49. The lowest BCUT2D eigenvalue weighted by molar-refractivity contribution is -0.00459. The van der Waals surface area contributed by atoms with E-state index in [1.54, 1.807) is 0 Å². The van der Waals surface area contributed by atoms with Gasteiger partial charge in [-0.2, -0.15) is 0 Å². The van der Waals surface area contributed by atoms with Crippen molar-refractivity contribution < 1.29 is 4.74 Å². The predicted molar refractivity (Wildman–Crippen MR) is 77.8 cm³/mol. The van der Waals surface area contributed by atoms with Gasteiger partial charge in [0, 0.05) is 25.0 Å². The van der Waals surface area contributed by atoms with E-state index in [4.69, 9.17) is 4.74 Å². The molecule has 0 saturated carbocycles. The SMILES string of the molecule is CCCOC1CCCN(CC(CBr)C(C)C)C1. The molecule has 1 aliphatic heterocycles. The van der Waals surface area contributed by atoms with Gasteiger partial charge in [-0.05, 0) is 37.6 Å². The minimum absolute atomic E-state index is 0.479. The van der Waals surface area contributed by atoms with Gasteiger partial charge >= 0.3 is 0 Å². The van der Waals surface area contributed by atoms with Gasteiger partial charge in [0.2, 0.25) is 0 Å². The molecule has 0 radical (unpaired) electrons. The lowest BCUT2D eigenvalue weighted by atomic mass is 9.96. The average molecular weight is 306 g/mol. The molecule has 1 aliphatic rings. The Morgan fingerprint density at radius 2 is 2.18 bits per heavy atom. The summed E-state index contributed by atoms with van der Waals surface area (Å²) in [6, 6.07) is 0. The molecule has 0 bridgehead atoms. The third kappa shape index (κ3) is 5.71. The van der Waals surface area contributed by atoms with E-state index < -0.39 is 0 Å². The highest BCUT2D eigenvalue weighted by molar-refractivity contribution is 9.09. The van der Waals surface area contributed by atoms with Gasteiger partial charge in [-0.3, -0.25) is 0 Å². The number of ether oxygens (including phenoxy) is 1. The van der Waals surface area contributed by atoms with Gasteiger partial charge < -0.3 is 9.64 Å². The van der Waals surface area contributed by atoms with Crippen LogP contribution in [0.1, 0.15) is 40.0 Å². The van der Waals surface area contributed by atoms with Gasteiger partial charge in [-0.15, -0.1) is 0 Å². The Balaban J connectivity index is 2.33. The molecule has 1 rings (SSSR count). The van der Waals surface area contributed by atoms with Gasteiger partial charge in [0.1, 0.15) is 0 Å². The van der Waals surface area contributed by atoms with Crippen molar-refractivity contribution in [3.8, 4) is 0 Å². The standard InChI is InChI=1S/C14H28BrNO/c1-4-8-17-14-6-5-7-16(11-14)10-13(9-15)12(2)3/h12-14H,4-11H2,1-3H3. The second-order valence-electron chi connectivity index (χ2n) is 5.55. The first-order valence-corrected chi connectivity index (χ1v) is 8.19. The zero-order valence-corrected chi connectivity index (χ0v) is 13.2. The van der Waals surface area contributed by atoms with Crippen molar-refractivity contribution in [3.05, 3.63) is 0 Å². The van der Waals surface area contributed by atoms with Gasteiger partial charge in [-0.1, -0.05) is 36.7 Å². The summed E-state index contributed by atoms with van der Waals surface area (Å²) in [5.41, 5.74) is 0. The van der Waals surface area contributed by atoms with E-state index in [1.165, 1.54) is 25.9 Å². The molecule has 102 valence electrons. The minimum Gasteiger partial charge on any atom is -0.377 e. The Hall–Kier alpha value is 0.400. The first kappa shape index (κ1) is 15.5. The Morgan fingerprint density at radius 1 is 1.41 bits per heavy atom. The maximum atomic E-state index is 5.88. The fourth-order valence-corrected chi connectivity index (χ4v) is 3.32. The summed E-state index contributed by atoms with van der Waals surface area (Å²) in [4.78, 5) is 2.59. The maximum Gasteiger partial charge on any atom is 0.0702 e. The van der Waals surface area contributed by atoms with Crippen LogP contribution in [-0.2, 0) is 4.74 Å². The summed E-state index contributed by atoms with van der Waals surface area (Å²) in [5.74, 6) is 1.52. The molecule has 0 aromatic carbocycles. The molecular weight excluding hydrogens is 278 g/mol. The molecular formula is C14H28BrNO. The number of piperidine rings is 1. The molecule has 1 saturated heterocycles. The molecule has 0 aliphatic carbocycles. The molecule has 2 atom stereocenters. The van der Waals surface area contributed by atoms with Crippen molar-refractivity contribution in [2.24, 2.45) is 11.8 Å². The molecule has 1 heterocycles. The Bertz CT molecular complexity index is 199. The molecule has 2 unspecified atom stereocenters. The molecule has 2 nitrogen and oxygen atoms in total. The number of hydrogen-bond acceptors (Lipinski definition) is 2. The van der Waals surface area contributed by atoms with Crippen LogP contribution in [0.15, 0.2) is 0 Å². The van der Waals surface area contributed by atoms with E-state index in [0.717, 1.165) is 36.7 Å². The van der Waals surface area contributed by atoms with Gasteiger partial charge in [0.15, 0.2) is 0 Å². The average Bonchev–Trinajstić information content (AvgIpc) is 2.33. The molecule has 0 aromatic rings. The Morgan fingerprint density at radius 3 is 2.76 bits per heavy atom. The van der Waals surface area contributed by atoms with Crippen molar-refractivity contribution in [2.75, 3.05) is 31.6 Å². The summed E-state index contributed by atoms with van der Waals surface area (Å²) in [5, 5.41) is 1.11. The Labute approximate surface area is 115 Å². The Kier molecular flexibility index (Phi) is 7.72. The molecule has 0 N–H and O–H groups in total. The van der Waals surface area contributed by atoms with Crippen LogP contribution in [0.5, 0.6) is 0 Å². The van der Waals surface area contributed by atoms with Crippen LogP contribution in [0.2, 0.25) is 0 Å². The van der Waals surface area contributed by atoms with Crippen molar-refractivity contribution in [1.29, 1.82) is 0 Å².